The number of hydrogen-bond acceptors (Lipinski definition) is 8. The zero-order chi connectivity index (χ0) is 22.8. The molecular formula is C24H20O8. The van der Waals surface area contributed by atoms with Gasteiger partial charge in [-0.15, -0.1) is 0 Å². The molecule has 8 nitrogen and oxygen atoms in total. The minimum absolute atomic E-state index is 0.0104. The van der Waals surface area contributed by atoms with Crippen LogP contribution in [0.3, 0.4) is 0 Å². The van der Waals surface area contributed by atoms with Gasteiger partial charge in [0, 0.05) is 24.3 Å². The Bertz CT molecular complexity index is 966. The molecule has 0 spiro atoms. The van der Waals surface area contributed by atoms with Gasteiger partial charge in [0.15, 0.2) is 0 Å². The lowest BCUT2D eigenvalue weighted by Gasteiger charge is -2.09. The minimum atomic E-state index is -0.721. The fourth-order valence-corrected chi connectivity index (χ4v) is 2.64. The van der Waals surface area contributed by atoms with E-state index in [0.29, 0.717) is 22.3 Å². The third-order valence-corrected chi connectivity index (χ3v) is 4.35. The highest BCUT2D eigenvalue weighted by Gasteiger charge is 2.09. The second-order valence-corrected chi connectivity index (χ2v) is 6.68. The standard InChI is InChI=1S/C24H20O8/c25-21-9-11-23(27)31-15-19-3-1-2-4-20(19)16-32-24(28)12-10-22(26)30-14-18-7-5-17(6-8-18)13-29-21/h1-12H,13-16H2/b11-9-,12-10-. The molecule has 0 aliphatic carbocycles. The second-order valence-electron chi connectivity index (χ2n) is 6.68. The highest BCUT2D eigenvalue weighted by atomic mass is 16.5. The zero-order valence-corrected chi connectivity index (χ0v) is 17.0. The first-order valence-electron chi connectivity index (χ1n) is 9.67. The molecule has 2 aliphatic rings. The summed E-state index contributed by atoms with van der Waals surface area (Å²) < 4.78 is 20.5. The Morgan fingerprint density at radius 2 is 0.750 bits per heavy atom. The van der Waals surface area contributed by atoms with E-state index in [1.165, 1.54) is 0 Å². The quantitative estimate of drug-likeness (QED) is 0.459. The molecule has 0 atom stereocenters. The lowest BCUT2D eigenvalue weighted by atomic mass is 10.1. The van der Waals surface area contributed by atoms with Crippen LogP contribution in [0.4, 0.5) is 0 Å². The summed E-state index contributed by atoms with van der Waals surface area (Å²) in [6.45, 7) is -0.145. The maximum Gasteiger partial charge on any atom is 0.331 e. The summed E-state index contributed by atoms with van der Waals surface area (Å²) in [6.07, 6.45) is 3.95. The lowest BCUT2D eigenvalue weighted by Crippen LogP contribution is -2.08. The van der Waals surface area contributed by atoms with Crippen LogP contribution >= 0.6 is 0 Å². The third-order valence-electron chi connectivity index (χ3n) is 4.35. The van der Waals surface area contributed by atoms with Gasteiger partial charge in [0.25, 0.3) is 0 Å². The van der Waals surface area contributed by atoms with Crippen LogP contribution in [0, 0.1) is 0 Å². The van der Waals surface area contributed by atoms with Gasteiger partial charge in [-0.1, -0.05) is 48.5 Å². The maximum atomic E-state index is 11.9. The maximum absolute atomic E-state index is 11.9. The molecule has 0 N–H and O–H groups in total. The van der Waals surface area contributed by atoms with Gasteiger partial charge in [-0.3, -0.25) is 0 Å². The highest BCUT2D eigenvalue weighted by molar-refractivity contribution is 5.92. The smallest absolute Gasteiger partial charge is 0.331 e. The highest BCUT2D eigenvalue weighted by Crippen LogP contribution is 2.12. The first-order valence-corrected chi connectivity index (χ1v) is 9.67. The average Bonchev–Trinajstić information content (AvgIpc) is 2.81. The molecule has 164 valence electrons. The molecule has 2 heterocycles. The van der Waals surface area contributed by atoms with Crippen LogP contribution in [0.2, 0.25) is 0 Å². The van der Waals surface area contributed by atoms with Crippen molar-refractivity contribution in [3.05, 3.63) is 95.1 Å². The zero-order valence-electron chi connectivity index (χ0n) is 17.0. The topological polar surface area (TPSA) is 105 Å². The number of ether oxygens (including phenoxy) is 4. The monoisotopic (exact) mass is 436 g/mol. The normalized spacial score (nSPS) is 18.0. The summed E-state index contributed by atoms with van der Waals surface area (Å²) in [5.74, 6) is -2.83. The molecule has 0 radical (unpaired) electrons. The van der Waals surface area contributed by atoms with Crippen molar-refractivity contribution in [2.75, 3.05) is 0 Å². The Morgan fingerprint density at radius 3 is 1.09 bits per heavy atom. The van der Waals surface area contributed by atoms with Gasteiger partial charge in [0.1, 0.15) is 26.4 Å². The van der Waals surface area contributed by atoms with Gasteiger partial charge < -0.3 is 18.9 Å². The summed E-state index contributed by atoms with van der Waals surface area (Å²) >= 11 is 0. The SMILES string of the molecule is O=C1/C=C\C(=O)OCc2ccccc2COC(=O)/C=C\C(=O)OCc2ccc(cc2)CO1. The van der Waals surface area contributed by atoms with Crippen molar-refractivity contribution in [3.63, 3.8) is 0 Å². The van der Waals surface area contributed by atoms with E-state index in [-0.39, 0.29) is 26.4 Å². The van der Waals surface area contributed by atoms with E-state index in [9.17, 15) is 19.2 Å². The van der Waals surface area contributed by atoms with Crippen molar-refractivity contribution in [1.29, 1.82) is 0 Å². The molecule has 2 aliphatic heterocycles. The number of carbonyl (C=O) groups excluding carboxylic acids is 4. The summed E-state index contributed by atoms with van der Waals surface area (Å²) in [7, 11) is 0. The van der Waals surface area contributed by atoms with Crippen LogP contribution < -0.4 is 0 Å². The largest absolute Gasteiger partial charge is 0.458 e. The first-order chi connectivity index (χ1) is 15.5. The molecule has 0 fully saturated rings. The summed E-state index contributed by atoms with van der Waals surface area (Å²) in [5.41, 5.74) is 2.67. The van der Waals surface area contributed by atoms with Crippen molar-refractivity contribution >= 4 is 23.9 Å². The van der Waals surface area contributed by atoms with Crippen molar-refractivity contribution in [1.82, 2.24) is 0 Å². The Balaban J connectivity index is 1.74. The van der Waals surface area contributed by atoms with Gasteiger partial charge >= 0.3 is 23.9 Å². The average molecular weight is 436 g/mol. The van der Waals surface area contributed by atoms with Crippen molar-refractivity contribution in [2.24, 2.45) is 0 Å². The van der Waals surface area contributed by atoms with Crippen molar-refractivity contribution in [3.8, 4) is 0 Å². The number of benzene rings is 2. The molecule has 8 heteroatoms. The van der Waals surface area contributed by atoms with Crippen molar-refractivity contribution < 1.29 is 38.1 Å². The van der Waals surface area contributed by atoms with Crippen LogP contribution in [-0.4, -0.2) is 23.9 Å². The summed E-state index contributed by atoms with van der Waals surface area (Å²) in [4.78, 5) is 47.5. The van der Waals surface area contributed by atoms with Gasteiger partial charge in [0.05, 0.1) is 0 Å². The van der Waals surface area contributed by atoms with E-state index in [4.69, 9.17) is 18.9 Å². The predicted octanol–water partition coefficient (Wildman–Crippen LogP) is 2.69. The van der Waals surface area contributed by atoms with Crippen LogP contribution in [-0.2, 0) is 64.6 Å². The fraction of sp³-hybridized carbons (Fsp3) is 0.167. The number of carbonyl (C=O) groups is 4. The van der Waals surface area contributed by atoms with E-state index in [0.717, 1.165) is 24.3 Å². The number of esters is 4. The molecule has 2 aromatic rings. The molecule has 0 aromatic heterocycles. The Hall–Kier alpha value is -4.20. The van der Waals surface area contributed by atoms with Gasteiger partial charge in [0.2, 0.25) is 0 Å². The molecule has 0 saturated heterocycles. The Kier molecular flexibility index (Phi) is 7.91. The molecule has 0 saturated carbocycles. The van der Waals surface area contributed by atoms with Gasteiger partial charge in [-0.2, -0.15) is 0 Å². The van der Waals surface area contributed by atoms with E-state index in [1.54, 1.807) is 48.5 Å². The van der Waals surface area contributed by atoms with Crippen LogP contribution in [0.5, 0.6) is 0 Å². The van der Waals surface area contributed by atoms with Crippen LogP contribution in [0.1, 0.15) is 22.3 Å². The molecule has 0 unspecified atom stereocenters. The minimum Gasteiger partial charge on any atom is -0.458 e. The fourth-order valence-electron chi connectivity index (χ4n) is 2.64. The number of fused-ring (bicyclic) bond motifs is 14. The molecule has 0 amide bonds. The Morgan fingerprint density at radius 1 is 0.438 bits per heavy atom. The van der Waals surface area contributed by atoms with Crippen LogP contribution in [0.15, 0.2) is 72.8 Å². The van der Waals surface area contributed by atoms with Crippen molar-refractivity contribution in [2.45, 2.75) is 26.4 Å². The molecule has 4 rings (SSSR count). The van der Waals surface area contributed by atoms with E-state index >= 15 is 0 Å². The summed E-state index contributed by atoms with van der Waals surface area (Å²) in [6, 6.07) is 13.8. The Labute approximate surface area is 184 Å². The lowest BCUT2D eigenvalue weighted by molar-refractivity contribution is -0.142. The number of hydrogen-bond donors (Lipinski definition) is 0. The van der Waals surface area contributed by atoms with E-state index < -0.39 is 23.9 Å². The van der Waals surface area contributed by atoms with E-state index in [1.807, 2.05) is 0 Å². The van der Waals surface area contributed by atoms with Crippen LogP contribution in [0.25, 0.3) is 0 Å². The molecule has 2 bridgehead atoms. The number of rotatable bonds is 0. The third kappa shape index (κ3) is 7.24. The molecule has 32 heavy (non-hydrogen) atoms. The van der Waals surface area contributed by atoms with Gasteiger partial charge in [-0.25, -0.2) is 19.2 Å². The molecule has 2 aromatic carbocycles. The first kappa shape index (κ1) is 22.5. The molecular weight excluding hydrogens is 416 g/mol. The van der Waals surface area contributed by atoms with E-state index in [2.05, 4.69) is 0 Å². The predicted molar refractivity (Wildman–Crippen MR) is 110 cm³/mol. The summed E-state index contributed by atoms with van der Waals surface area (Å²) in [5, 5.41) is 0. The second kappa shape index (κ2) is 11.3. The van der Waals surface area contributed by atoms with Gasteiger partial charge in [-0.05, 0) is 22.3 Å².